The third-order valence-corrected chi connectivity index (χ3v) is 7.73. The highest BCUT2D eigenvalue weighted by Gasteiger charge is 2.34. The zero-order chi connectivity index (χ0) is 28.0. The minimum Gasteiger partial charge on any atom is -0.342 e. The summed E-state index contributed by atoms with van der Waals surface area (Å²) in [5.74, 6) is 2.04. The second-order valence-electron chi connectivity index (χ2n) is 9.65. The lowest BCUT2D eigenvalue weighted by Crippen LogP contribution is -2.67. The Bertz CT molecular complexity index is 1060. The Morgan fingerprint density at radius 1 is 1.37 bits per heavy atom. The van der Waals surface area contributed by atoms with E-state index in [1.165, 1.54) is 13.1 Å². The summed E-state index contributed by atoms with van der Waals surface area (Å²) in [5, 5.41) is 15.4. The molecule has 0 radical (unpaired) electrons. The van der Waals surface area contributed by atoms with Gasteiger partial charge in [0.15, 0.2) is 5.17 Å². The summed E-state index contributed by atoms with van der Waals surface area (Å²) in [5.41, 5.74) is -0.405. The molecule has 38 heavy (non-hydrogen) atoms. The molecule has 2 aliphatic rings. The van der Waals surface area contributed by atoms with Crippen LogP contribution in [0.1, 0.15) is 51.8 Å². The molecule has 3 heterocycles. The normalized spacial score (nSPS) is 18.2. The molecule has 210 valence electrons. The summed E-state index contributed by atoms with van der Waals surface area (Å²) in [7, 11) is 3.65. The first-order valence-electron chi connectivity index (χ1n) is 13.1. The molecule has 2 unspecified atom stereocenters. The zero-order valence-electron chi connectivity index (χ0n) is 23.4. The number of amidine groups is 2. The molecule has 0 aliphatic carbocycles. The van der Waals surface area contributed by atoms with E-state index in [-0.39, 0.29) is 23.7 Å². The quantitative estimate of drug-likeness (QED) is 0.289. The van der Waals surface area contributed by atoms with E-state index in [1.54, 1.807) is 11.9 Å². The van der Waals surface area contributed by atoms with E-state index in [2.05, 4.69) is 22.2 Å². The second kappa shape index (κ2) is 13.4. The number of carbonyl (C=O) groups is 1. The Kier molecular flexibility index (Phi) is 10.5. The fourth-order valence-electron chi connectivity index (χ4n) is 4.58. The van der Waals surface area contributed by atoms with Crippen LogP contribution in [-0.4, -0.2) is 94.1 Å². The minimum atomic E-state index is -1.21. The largest absolute Gasteiger partial charge is 0.342 e. The fraction of sp³-hybridized carbons (Fsp3) is 0.615. The van der Waals surface area contributed by atoms with Crippen LogP contribution in [0, 0.1) is 5.41 Å². The van der Waals surface area contributed by atoms with Gasteiger partial charge in [-0.05, 0) is 33.3 Å². The van der Waals surface area contributed by atoms with Crippen LogP contribution in [0.2, 0.25) is 0 Å². The number of alkyl halides is 1. The number of likely N-dealkylation sites (tertiary alicyclic amines) is 1. The molecule has 0 spiro atoms. The van der Waals surface area contributed by atoms with Crippen LogP contribution >= 0.6 is 11.8 Å². The van der Waals surface area contributed by atoms with E-state index in [9.17, 15) is 9.18 Å². The molecule has 2 aliphatic heterocycles. The van der Waals surface area contributed by atoms with Gasteiger partial charge in [0.2, 0.25) is 5.91 Å². The number of imidazole rings is 1. The third kappa shape index (κ3) is 6.83. The van der Waals surface area contributed by atoms with Crippen molar-refractivity contribution in [2.24, 2.45) is 4.99 Å². The lowest BCUT2D eigenvalue weighted by atomic mass is 10.0. The van der Waals surface area contributed by atoms with Gasteiger partial charge in [0.25, 0.3) is 0 Å². The molecule has 10 nitrogen and oxygen atoms in total. The van der Waals surface area contributed by atoms with Crippen molar-refractivity contribution in [3.8, 4) is 0 Å². The minimum absolute atomic E-state index is 0.0236. The summed E-state index contributed by atoms with van der Waals surface area (Å²) >= 11 is 0.846. The number of allylic oxidation sites excluding steroid dienone is 1. The van der Waals surface area contributed by atoms with Crippen molar-refractivity contribution in [1.29, 1.82) is 5.41 Å². The van der Waals surface area contributed by atoms with Crippen molar-refractivity contribution < 1.29 is 9.18 Å². The van der Waals surface area contributed by atoms with Gasteiger partial charge in [0.05, 0.1) is 12.1 Å². The first-order valence-corrected chi connectivity index (χ1v) is 14.0. The van der Waals surface area contributed by atoms with Crippen molar-refractivity contribution in [2.45, 2.75) is 64.3 Å². The van der Waals surface area contributed by atoms with E-state index in [4.69, 9.17) is 10.4 Å². The molecule has 12 heteroatoms. The van der Waals surface area contributed by atoms with Crippen LogP contribution in [-0.2, 0) is 11.2 Å². The molecule has 0 saturated carbocycles. The predicted molar refractivity (Wildman–Crippen MR) is 155 cm³/mol. The molecule has 2 atom stereocenters. The van der Waals surface area contributed by atoms with Crippen molar-refractivity contribution in [1.82, 2.24) is 30.0 Å². The van der Waals surface area contributed by atoms with Gasteiger partial charge in [-0.25, -0.2) is 14.4 Å². The Morgan fingerprint density at radius 2 is 2.05 bits per heavy atom. The van der Waals surface area contributed by atoms with Crippen LogP contribution in [0.15, 0.2) is 23.8 Å². The molecule has 3 N–H and O–H groups in total. The summed E-state index contributed by atoms with van der Waals surface area (Å²) in [6.07, 6.45) is 5.76. The van der Waals surface area contributed by atoms with Crippen molar-refractivity contribution >= 4 is 40.6 Å². The van der Waals surface area contributed by atoms with Crippen LogP contribution in [0.4, 0.5) is 10.2 Å². The lowest BCUT2D eigenvalue weighted by molar-refractivity contribution is -0.135. The number of thioether (sulfide) groups is 1. The Labute approximate surface area is 229 Å². The maximum Gasteiger partial charge on any atom is 0.230 e. The van der Waals surface area contributed by atoms with Crippen LogP contribution < -0.4 is 15.5 Å². The Morgan fingerprint density at radius 3 is 2.58 bits per heavy atom. The maximum absolute atomic E-state index is 13.7. The second-order valence-corrected chi connectivity index (χ2v) is 10.9. The molecular weight excluding hydrogens is 505 g/mol. The van der Waals surface area contributed by atoms with Crippen LogP contribution in [0.5, 0.6) is 0 Å². The number of aryl methyl sites for hydroxylation is 1. The number of halogens is 1. The van der Waals surface area contributed by atoms with Crippen molar-refractivity contribution in [3.63, 3.8) is 0 Å². The van der Waals surface area contributed by atoms with Gasteiger partial charge in [0.1, 0.15) is 29.1 Å². The van der Waals surface area contributed by atoms with E-state index < -0.39 is 5.50 Å². The molecule has 3 rings (SSSR count). The lowest BCUT2D eigenvalue weighted by Gasteiger charge is -2.44. The topological polar surface area (TPSA) is 105 Å². The molecule has 1 amide bonds. The van der Waals surface area contributed by atoms with Crippen LogP contribution in [0.25, 0.3) is 6.08 Å². The highest BCUT2D eigenvalue weighted by atomic mass is 32.2. The molecule has 0 aromatic carbocycles. The monoisotopic (exact) mass is 547 g/mol. The van der Waals surface area contributed by atoms with Gasteiger partial charge >= 0.3 is 0 Å². The van der Waals surface area contributed by atoms with Gasteiger partial charge < -0.3 is 25.3 Å². The number of carbonyl (C=O) groups excluding carboxylic acids is 1. The van der Waals surface area contributed by atoms with E-state index in [0.717, 1.165) is 30.5 Å². The number of aromatic nitrogens is 2. The molecular formula is C26H42FN9OS. The summed E-state index contributed by atoms with van der Waals surface area (Å²) in [4.78, 5) is 27.9. The van der Waals surface area contributed by atoms with Gasteiger partial charge in [-0.3, -0.25) is 14.8 Å². The van der Waals surface area contributed by atoms with Gasteiger partial charge in [-0.15, -0.1) is 0 Å². The van der Waals surface area contributed by atoms with E-state index in [0.29, 0.717) is 49.1 Å². The van der Waals surface area contributed by atoms with Crippen molar-refractivity contribution in [2.75, 3.05) is 45.2 Å². The number of hydrogen-bond acceptors (Lipinski definition) is 7. The highest BCUT2D eigenvalue weighted by Crippen LogP contribution is 2.31. The Hall–Kier alpha value is -2.70. The molecule has 0 bridgehead atoms. The number of aliphatic imine (C=N–C) groups is 1. The molecule has 2 fully saturated rings. The van der Waals surface area contributed by atoms with Crippen molar-refractivity contribution in [3.05, 3.63) is 30.4 Å². The molecule has 1 aromatic heterocycles. The first-order chi connectivity index (χ1) is 18.1. The average Bonchev–Trinajstić information content (AvgIpc) is 3.18. The van der Waals surface area contributed by atoms with Crippen LogP contribution in [0.3, 0.4) is 0 Å². The number of nitrogens with zero attached hydrogens (tertiary/aromatic N) is 6. The number of nitrogens with one attached hydrogen (secondary N) is 3. The number of anilines is 1. The summed E-state index contributed by atoms with van der Waals surface area (Å²) in [6.45, 7) is 14.5. The number of rotatable bonds is 11. The third-order valence-electron chi connectivity index (χ3n) is 6.91. The number of amides is 1. The van der Waals surface area contributed by atoms with E-state index in [1.807, 2.05) is 54.3 Å². The van der Waals surface area contributed by atoms with Gasteiger partial charge in [0, 0.05) is 58.6 Å². The predicted octanol–water partition coefficient (Wildman–Crippen LogP) is 3.05. The Balaban J connectivity index is 1.82. The smallest absolute Gasteiger partial charge is 0.230 e. The maximum atomic E-state index is 13.7. The highest BCUT2D eigenvalue weighted by molar-refractivity contribution is 8.14. The fourth-order valence-corrected chi connectivity index (χ4v) is 5.13. The average molecular weight is 548 g/mol. The number of hydrogen-bond donors (Lipinski definition) is 3. The molecule has 1 aromatic rings. The van der Waals surface area contributed by atoms with E-state index >= 15 is 0 Å². The molecule has 2 saturated heterocycles. The standard InChI is InChI=1S/C26H42FN9OS/c1-8-11-22-32-21(9-2)25(34(7)26(28)38-17(4)27)36(22)18(5)33(6)23(30-10-3)12-24(37)35-15-20(16-35)31-19-13-29-14-19/h8,10-11,17-20,28-29,31H,3,9,12-16H2,1-2,4-7H3/b11-8-,28-26?,30-23?. The summed E-state index contributed by atoms with van der Waals surface area (Å²) < 4.78 is 15.7. The SMILES string of the molecule is C=CN=C(CC(=O)N1CC(NC2CNC2)C1)N(C)C(C)n1c(/C=C\C)nc(CC)c1N(C)C(=N)SC(C)F. The first kappa shape index (κ1) is 29.9. The van der Waals surface area contributed by atoms with Gasteiger partial charge in [-0.1, -0.05) is 31.3 Å². The summed E-state index contributed by atoms with van der Waals surface area (Å²) in [6, 6.07) is 0.833. The van der Waals surface area contributed by atoms with Gasteiger partial charge in [-0.2, -0.15) is 0 Å². The zero-order valence-corrected chi connectivity index (χ0v) is 24.2.